The molecule has 0 aliphatic heterocycles. The Hall–Kier alpha value is -0.0200. The van der Waals surface area contributed by atoms with Gasteiger partial charge in [0.2, 0.25) is 0 Å². The van der Waals surface area contributed by atoms with Crippen LogP contribution >= 0.6 is 21.6 Å². The van der Waals surface area contributed by atoms with Crippen molar-refractivity contribution in [3.8, 4) is 0 Å². The molecule has 0 rings (SSSR count). The average Bonchev–Trinajstić information content (AvgIpc) is 1.02. The number of hydrogen-bond donors (Lipinski definition) is 0. The standard InChI is InChI=1S/C116H234O18S2/c1-99(2)35-21-39-103(9)43-25-47-107(13)51-29-55-111(17)59-65-129-95-115(133-67-61-113(19)57-31-53-109(15)49-27-45-105(11)41-23-37-101(5)6)97-131-91-89-127-87-85-125-83-81-123-79-77-121-75-73-119-71-69-117-63-33-93-135-136-94-34-64-118-70-72-120-74-76-122-78-80-124-82-84-126-86-88-128-90-92-132-98-116(134-68-62-114(20)58-32-54-110(16)50-28-46-106(12)42-24-38-102(7)8)96-130-66-60-112(18)56-30-52-108(14)48-26-44-104(10)40-22-36-100(3)4/h99-116H,21-98H2,1-20H3. The van der Waals surface area contributed by atoms with Gasteiger partial charge in [-0.1, -0.05) is 391 Å². The summed E-state index contributed by atoms with van der Waals surface area (Å²) >= 11 is 0. The maximum atomic E-state index is 6.49. The molecule has 0 aliphatic rings. The Kier molecular flexibility index (Phi) is 105. The third kappa shape index (κ3) is 107. The van der Waals surface area contributed by atoms with Crippen molar-refractivity contribution < 1.29 is 85.3 Å². The van der Waals surface area contributed by atoms with Gasteiger partial charge in [0.15, 0.2) is 0 Å². The molecule has 0 radical (unpaired) electrons. The molecule has 0 aliphatic carbocycles. The van der Waals surface area contributed by atoms with Crippen LogP contribution < -0.4 is 0 Å². The van der Waals surface area contributed by atoms with E-state index in [1.165, 1.54) is 231 Å². The molecule has 20 heteroatoms. The van der Waals surface area contributed by atoms with E-state index in [-0.39, 0.29) is 12.2 Å². The van der Waals surface area contributed by atoms with E-state index in [2.05, 4.69) is 138 Å². The van der Waals surface area contributed by atoms with Gasteiger partial charge in [0.05, 0.1) is 185 Å². The van der Waals surface area contributed by atoms with Gasteiger partial charge in [0, 0.05) is 51.1 Å². The monoisotopic (exact) mass is 1980 g/mol. The van der Waals surface area contributed by atoms with E-state index in [0.29, 0.717) is 209 Å². The number of rotatable bonds is 115. The lowest BCUT2D eigenvalue weighted by molar-refractivity contribution is -0.0723. The molecule has 0 aromatic heterocycles. The summed E-state index contributed by atoms with van der Waals surface area (Å²) in [6, 6.07) is 0. The first-order chi connectivity index (χ1) is 65.9. The molecular weight excluding hydrogens is 1750 g/mol. The average molecular weight is 1980 g/mol. The van der Waals surface area contributed by atoms with Crippen LogP contribution in [0.2, 0.25) is 0 Å². The van der Waals surface area contributed by atoms with Crippen LogP contribution in [0.25, 0.3) is 0 Å². The van der Waals surface area contributed by atoms with Gasteiger partial charge in [-0.05, 0) is 133 Å². The minimum Gasteiger partial charge on any atom is -0.379 e. The van der Waals surface area contributed by atoms with Crippen LogP contribution in [0.1, 0.15) is 408 Å². The third-order valence-corrected chi connectivity index (χ3v) is 29.9. The van der Waals surface area contributed by atoms with Gasteiger partial charge >= 0.3 is 0 Å². The minimum absolute atomic E-state index is 0.0814. The van der Waals surface area contributed by atoms with E-state index in [9.17, 15) is 0 Å². The van der Waals surface area contributed by atoms with E-state index < -0.39 is 0 Å². The normalized spacial score (nSPS) is 15.4. The molecule has 136 heavy (non-hydrogen) atoms. The Balaban J connectivity index is 4.05. The molecule has 818 valence electrons. The molecular formula is C116H234O18S2. The minimum atomic E-state index is -0.0814. The van der Waals surface area contributed by atoms with Crippen molar-refractivity contribution in [2.24, 2.45) is 94.7 Å². The van der Waals surface area contributed by atoms with Crippen LogP contribution in [-0.2, 0) is 85.3 Å². The molecule has 0 saturated heterocycles. The van der Waals surface area contributed by atoms with E-state index in [0.717, 1.165) is 161 Å². The maximum Gasteiger partial charge on any atom is 0.104 e. The van der Waals surface area contributed by atoms with Crippen LogP contribution in [0.15, 0.2) is 0 Å². The van der Waals surface area contributed by atoms with Crippen LogP contribution in [0.3, 0.4) is 0 Å². The lowest BCUT2D eigenvalue weighted by Crippen LogP contribution is -2.28. The first kappa shape index (κ1) is 136. The fraction of sp³-hybridized carbons (Fsp3) is 1.00. The molecule has 14 atom stereocenters. The summed E-state index contributed by atoms with van der Waals surface area (Å²) in [5.74, 6) is 14.8. The number of ether oxygens (including phenoxy) is 18. The summed E-state index contributed by atoms with van der Waals surface area (Å²) in [7, 11) is 3.79. The smallest absolute Gasteiger partial charge is 0.104 e. The molecule has 14 unspecified atom stereocenters. The summed E-state index contributed by atoms with van der Waals surface area (Å²) < 4.78 is 107. The van der Waals surface area contributed by atoms with Gasteiger partial charge in [-0.2, -0.15) is 0 Å². The van der Waals surface area contributed by atoms with E-state index >= 15 is 0 Å². The van der Waals surface area contributed by atoms with Gasteiger partial charge in [0.25, 0.3) is 0 Å². The predicted molar refractivity (Wildman–Crippen MR) is 581 cm³/mol. The lowest BCUT2D eigenvalue weighted by Gasteiger charge is -2.21. The Morgan fingerprint density at radius 2 is 0.257 bits per heavy atom. The molecule has 0 aromatic rings. The summed E-state index contributed by atoms with van der Waals surface area (Å²) in [6.45, 7) is 67.3. The van der Waals surface area contributed by atoms with Crippen molar-refractivity contribution >= 4 is 21.6 Å². The van der Waals surface area contributed by atoms with Crippen LogP contribution in [0.5, 0.6) is 0 Å². The Bertz CT molecular complexity index is 2130. The van der Waals surface area contributed by atoms with E-state index in [4.69, 9.17) is 85.3 Å². The van der Waals surface area contributed by atoms with Gasteiger partial charge in [-0.3, -0.25) is 0 Å². The van der Waals surface area contributed by atoms with Crippen molar-refractivity contribution in [1.82, 2.24) is 0 Å². The maximum absolute atomic E-state index is 6.49. The zero-order valence-corrected chi connectivity index (χ0v) is 95.3. The SMILES string of the molecule is CC(C)CCCC(C)CCCC(C)CCCC(C)CCOCC(COCCOCCOCCOCCOCCOCCOCCCSSCCCOCCOCCOCCOCCOCCOCCOCC(COCCC(C)CCCC(C)CCCC(C)CCCC(C)C)OCCC(C)CCCC(C)CCCC(C)CCCC(C)C)OCCC(C)CCCC(C)CCCC(C)CCCC(C)C. The van der Waals surface area contributed by atoms with Crippen molar-refractivity contribution in [1.29, 1.82) is 0 Å². The van der Waals surface area contributed by atoms with Crippen molar-refractivity contribution in [3.05, 3.63) is 0 Å². The highest BCUT2D eigenvalue weighted by Crippen LogP contribution is 2.30. The summed E-state index contributed by atoms with van der Waals surface area (Å²) in [6.07, 6.45) is 55.1. The van der Waals surface area contributed by atoms with E-state index in [1.54, 1.807) is 0 Å². The van der Waals surface area contributed by atoms with Gasteiger partial charge in [-0.15, -0.1) is 0 Å². The predicted octanol–water partition coefficient (Wildman–Crippen LogP) is 30.0. The topological polar surface area (TPSA) is 166 Å². The highest BCUT2D eigenvalue weighted by atomic mass is 33.1. The van der Waals surface area contributed by atoms with Gasteiger partial charge in [0.1, 0.15) is 12.2 Å². The quantitative estimate of drug-likeness (QED) is 0.0416. The molecule has 0 bridgehead atoms. The second-order valence-corrected chi connectivity index (χ2v) is 46.8. The Morgan fingerprint density at radius 1 is 0.125 bits per heavy atom. The van der Waals surface area contributed by atoms with Gasteiger partial charge in [-0.25, -0.2) is 0 Å². The highest BCUT2D eigenvalue weighted by Gasteiger charge is 2.19. The molecule has 0 amide bonds. The molecule has 0 N–H and O–H groups in total. The summed E-state index contributed by atoms with van der Waals surface area (Å²) in [4.78, 5) is 0. The molecule has 0 spiro atoms. The molecule has 0 saturated carbocycles. The van der Waals surface area contributed by atoms with E-state index in [1.807, 2.05) is 21.6 Å². The molecule has 0 aromatic carbocycles. The molecule has 0 fully saturated rings. The second kappa shape index (κ2) is 105. The highest BCUT2D eigenvalue weighted by molar-refractivity contribution is 8.76. The van der Waals surface area contributed by atoms with Crippen molar-refractivity contribution in [3.63, 3.8) is 0 Å². The molecule has 18 nitrogen and oxygen atoms in total. The van der Waals surface area contributed by atoms with Gasteiger partial charge < -0.3 is 85.3 Å². The molecule has 0 heterocycles. The van der Waals surface area contributed by atoms with Crippen LogP contribution in [-0.4, -0.2) is 248 Å². The first-order valence-electron chi connectivity index (χ1n) is 57.6. The fourth-order valence-electron chi connectivity index (χ4n) is 17.5. The Morgan fingerprint density at radius 3 is 0.426 bits per heavy atom. The summed E-state index contributed by atoms with van der Waals surface area (Å²) in [5, 5.41) is 0. The zero-order valence-electron chi connectivity index (χ0n) is 93.7. The first-order valence-corrected chi connectivity index (χ1v) is 60.1. The van der Waals surface area contributed by atoms with Crippen LogP contribution in [0.4, 0.5) is 0 Å². The summed E-state index contributed by atoms with van der Waals surface area (Å²) in [5.41, 5.74) is 0. The Labute approximate surface area is 852 Å². The fourth-order valence-corrected chi connectivity index (χ4v) is 19.7. The van der Waals surface area contributed by atoms with Crippen molar-refractivity contribution in [2.45, 2.75) is 420 Å². The number of hydrogen-bond acceptors (Lipinski definition) is 20. The zero-order chi connectivity index (χ0) is 99.7. The second-order valence-electron chi connectivity index (χ2n) is 44.1. The lowest BCUT2D eigenvalue weighted by atomic mass is 9.91. The largest absolute Gasteiger partial charge is 0.379 e. The van der Waals surface area contributed by atoms with Crippen LogP contribution in [0, 0.1) is 94.7 Å². The van der Waals surface area contributed by atoms with Crippen molar-refractivity contribution in [2.75, 3.05) is 236 Å². The third-order valence-electron chi connectivity index (χ3n) is 27.3.